The number of halogens is 3. The number of nitrogens with one attached hydrogen (secondary N) is 1. The minimum Gasteiger partial charge on any atom is -0.489 e. The van der Waals surface area contributed by atoms with Crippen LogP contribution in [-0.4, -0.2) is 76.9 Å². The fourth-order valence-corrected chi connectivity index (χ4v) is 7.20. The van der Waals surface area contributed by atoms with Gasteiger partial charge in [0.15, 0.2) is 0 Å². The normalized spacial score (nSPS) is 18.9. The van der Waals surface area contributed by atoms with Gasteiger partial charge < -0.3 is 15.0 Å². The Hall–Kier alpha value is -3.91. The average Bonchev–Trinajstić information content (AvgIpc) is 3.59. The van der Waals surface area contributed by atoms with E-state index in [1.165, 1.54) is 6.92 Å². The summed E-state index contributed by atoms with van der Waals surface area (Å²) in [4.78, 5) is 25.4. The summed E-state index contributed by atoms with van der Waals surface area (Å²) in [5, 5.41) is 7.92. The number of hydrogen-bond acceptors (Lipinski definition) is 8. The molecule has 1 aliphatic heterocycles. The van der Waals surface area contributed by atoms with Crippen LogP contribution < -0.4 is 15.6 Å². The molecule has 1 aromatic carbocycles. The second kappa shape index (κ2) is 11.2. The van der Waals surface area contributed by atoms with E-state index in [2.05, 4.69) is 33.2 Å². The number of anilines is 2. The number of aromatic nitrogens is 5. The maximum atomic E-state index is 14.0. The van der Waals surface area contributed by atoms with Crippen LogP contribution in [0.3, 0.4) is 0 Å². The number of pyridine rings is 1. The van der Waals surface area contributed by atoms with Gasteiger partial charge in [-0.05, 0) is 82.3 Å². The predicted molar refractivity (Wildman–Crippen MR) is 165 cm³/mol. The summed E-state index contributed by atoms with van der Waals surface area (Å²) in [5.41, 5.74) is 1.85. The van der Waals surface area contributed by atoms with E-state index in [9.17, 15) is 22.2 Å². The first-order valence-electron chi connectivity index (χ1n) is 14.4. The van der Waals surface area contributed by atoms with E-state index in [0.717, 1.165) is 47.9 Å². The molecule has 1 saturated carbocycles. The van der Waals surface area contributed by atoms with E-state index in [-0.39, 0.29) is 28.6 Å². The molecule has 6 rings (SSSR count). The fourth-order valence-electron chi connectivity index (χ4n) is 5.70. The summed E-state index contributed by atoms with van der Waals surface area (Å²) in [7, 11) is -1.78. The Bertz CT molecular complexity index is 1880. The van der Waals surface area contributed by atoms with Gasteiger partial charge in [-0.15, -0.1) is 0 Å². The third-order valence-electron chi connectivity index (χ3n) is 7.95. The SMILES string of the molecule is C=S(=O)(CC(F)(F)F)n1nc(C)c(-c2cc3cnc(Nc4ccc(OC5CCN(C)C5)cc4)nc3n(CC3CC3)c2=O)c1C. The maximum absolute atomic E-state index is 14.0. The number of nitrogens with zero attached hydrogens (tertiary/aromatic N) is 6. The highest BCUT2D eigenvalue weighted by molar-refractivity contribution is 7.98. The standard InChI is InChI=1S/C30H34F3N7O3S/c1-18-26(19(2)40(37-18)44(4,42)17-30(31,32)33)25-13-21-14-34-29(36-27(21)39(28(25)41)15-20-5-6-20)35-22-7-9-23(10-8-22)43-24-11-12-38(3)16-24/h7-10,13-14,20,24H,4-6,11-12,15-17H2,1-3H3,(H,34,35,36). The van der Waals surface area contributed by atoms with E-state index in [1.807, 2.05) is 24.3 Å². The maximum Gasteiger partial charge on any atom is 0.401 e. The van der Waals surface area contributed by atoms with Crippen molar-refractivity contribution < 1.29 is 22.1 Å². The van der Waals surface area contributed by atoms with Crippen molar-refractivity contribution in [3.63, 3.8) is 0 Å². The van der Waals surface area contributed by atoms with Gasteiger partial charge in [0, 0.05) is 42.5 Å². The number of likely N-dealkylation sites (tertiary alicyclic amines) is 1. The van der Waals surface area contributed by atoms with Gasteiger partial charge in [-0.3, -0.25) is 9.36 Å². The molecule has 44 heavy (non-hydrogen) atoms. The molecule has 1 saturated heterocycles. The van der Waals surface area contributed by atoms with Gasteiger partial charge in [0.1, 0.15) is 23.3 Å². The molecule has 2 aliphatic rings. The average molecular weight is 630 g/mol. The highest BCUT2D eigenvalue weighted by Crippen LogP contribution is 2.33. The van der Waals surface area contributed by atoms with Gasteiger partial charge in [-0.25, -0.2) is 9.19 Å². The summed E-state index contributed by atoms with van der Waals surface area (Å²) in [5.74, 6) is 3.12. The minimum absolute atomic E-state index is 0.167. The molecule has 234 valence electrons. The molecule has 2 atom stereocenters. The number of alkyl halides is 3. The molecule has 2 fully saturated rings. The lowest BCUT2D eigenvalue weighted by Crippen LogP contribution is -2.29. The van der Waals surface area contributed by atoms with Crippen LogP contribution in [-0.2, 0) is 16.3 Å². The van der Waals surface area contributed by atoms with Crippen molar-refractivity contribution in [1.82, 2.24) is 28.6 Å². The quantitative estimate of drug-likeness (QED) is 0.269. The Labute approximate surface area is 253 Å². The molecule has 10 nitrogen and oxygen atoms in total. The van der Waals surface area contributed by atoms with Crippen molar-refractivity contribution in [2.45, 2.75) is 51.9 Å². The molecule has 0 amide bonds. The number of rotatable bonds is 9. The smallest absolute Gasteiger partial charge is 0.401 e. The van der Waals surface area contributed by atoms with Crippen molar-refractivity contribution >= 4 is 38.2 Å². The molecule has 1 aliphatic carbocycles. The lowest BCUT2D eigenvalue weighted by Gasteiger charge is -2.15. The molecule has 0 bridgehead atoms. The minimum atomic E-state index is -4.70. The monoisotopic (exact) mass is 629 g/mol. The van der Waals surface area contributed by atoms with Crippen LogP contribution in [0.5, 0.6) is 5.75 Å². The first-order chi connectivity index (χ1) is 20.8. The Balaban J connectivity index is 1.33. The molecule has 4 heterocycles. The number of hydrogen-bond donors (Lipinski definition) is 1. The number of fused-ring (bicyclic) bond motifs is 1. The predicted octanol–water partition coefficient (Wildman–Crippen LogP) is 4.55. The van der Waals surface area contributed by atoms with Crippen LogP contribution in [0.25, 0.3) is 22.2 Å². The largest absolute Gasteiger partial charge is 0.489 e. The summed E-state index contributed by atoms with van der Waals surface area (Å²) in [6.45, 7) is 5.42. The zero-order valence-electron chi connectivity index (χ0n) is 24.7. The first-order valence-corrected chi connectivity index (χ1v) is 16.2. The fraction of sp³-hybridized carbons (Fsp3) is 0.433. The highest BCUT2D eigenvalue weighted by Gasteiger charge is 2.35. The van der Waals surface area contributed by atoms with Crippen molar-refractivity contribution in [3.8, 4) is 16.9 Å². The zero-order chi connectivity index (χ0) is 31.4. The van der Waals surface area contributed by atoms with E-state index in [4.69, 9.17) is 9.72 Å². The summed E-state index contributed by atoms with van der Waals surface area (Å²) in [6.07, 6.45) is 0.0286. The van der Waals surface area contributed by atoms with Crippen LogP contribution in [0.2, 0.25) is 0 Å². The van der Waals surface area contributed by atoms with Gasteiger partial charge in [-0.1, -0.05) is 0 Å². The van der Waals surface area contributed by atoms with Crippen molar-refractivity contribution in [2.75, 3.05) is 31.2 Å². The number of likely N-dealkylation sites (N-methyl/N-ethyl adjacent to an activating group) is 1. The molecule has 14 heteroatoms. The molecule has 3 aromatic heterocycles. The number of benzene rings is 1. The first kappa shape index (κ1) is 30.1. The molecule has 2 unspecified atom stereocenters. The molecule has 4 aromatic rings. The van der Waals surface area contributed by atoms with Gasteiger partial charge >= 0.3 is 6.18 Å². The van der Waals surface area contributed by atoms with Crippen LogP contribution in [0.4, 0.5) is 24.8 Å². The lowest BCUT2D eigenvalue weighted by atomic mass is 10.0. The highest BCUT2D eigenvalue weighted by atomic mass is 32.2. The molecule has 1 N–H and O–H groups in total. The zero-order valence-corrected chi connectivity index (χ0v) is 25.5. The van der Waals surface area contributed by atoms with Crippen LogP contribution >= 0.6 is 0 Å². The van der Waals surface area contributed by atoms with Gasteiger partial charge in [-0.2, -0.15) is 27.3 Å². The lowest BCUT2D eigenvalue weighted by molar-refractivity contribution is -0.106. The summed E-state index contributed by atoms with van der Waals surface area (Å²) < 4.78 is 60.9. The second-order valence-corrected chi connectivity index (χ2v) is 14.0. The third kappa shape index (κ3) is 6.32. The van der Waals surface area contributed by atoms with Crippen molar-refractivity contribution in [2.24, 2.45) is 5.92 Å². The number of ether oxygens (including phenoxy) is 1. The van der Waals surface area contributed by atoms with E-state index in [1.54, 1.807) is 23.8 Å². The van der Waals surface area contributed by atoms with Gasteiger partial charge in [0.25, 0.3) is 5.56 Å². The topological polar surface area (TPSA) is 107 Å². The van der Waals surface area contributed by atoms with Crippen LogP contribution in [0.1, 0.15) is 30.7 Å². The Morgan fingerprint density at radius 2 is 1.89 bits per heavy atom. The van der Waals surface area contributed by atoms with Crippen LogP contribution in [0.15, 0.2) is 41.3 Å². The second-order valence-electron chi connectivity index (χ2n) is 11.8. The van der Waals surface area contributed by atoms with Gasteiger partial charge in [0.2, 0.25) is 5.95 Å². The van der Waals surface area contributed by atoms with Crippen molar-refractivity contribution in [1.29, 1.82) is 0 Å². The Morgan fingerprint density at radius 3 is 2.52 bits per heavy atom. The molecular weight excluding hydrogens is 595 g/mol. The molecule has 0 spiro atoms. The van der Waals surface area contributed by atoms with Crippen LogP contribution in [0, 0.1) is 19.8 Å². The third-order valence-corrected chi connectivity index (χ3v) is 9.72. The molecule has 0 radical (unpaired) electrons. The van der Waals surface area contributed by atoms with E-state index >= 15 is 0 Å². The van der Waals surface area contributed by atoms with E-state index in [0.29, 0.717) is 35.0 Å². The number of aryl methyl sites for hydroxylation is 1. The van der Waals surface area contributed by atoms with Crippen molar-refractivity contribution in [3.05, 3.63) is 58.3 Å². The summed E-state index contributed by atoms with van der Waals surface area (Å²) >= 11 is 0. The van der Waals surface area contributed by atoms with E-state index < -0.39 is 21.6 Å². The Kier molecular flexibility index (Phi) is 7.68. The van der Waals surface area contributed by atoms with Gasteiger partial charge in [0.05, 0.1) is 26.7 Å². The summed E-state index contributed by atoms with van der Waals surface area (Å²) in [6, 6.07) is 9.16. The molecular formula is C30H34F3N7O3S. The Morgan fingerprint density at radius 1 is 1.16 bits per heavy atom.